The van der Waals surface area contributed by atoms with Crippen LogP contribution in [-0.4, -0.2) is 10.5 Å². The van der Waals surface area contributed by atoms with Crippen LogP contribution in [0.25, 0.3) is 10.4 Å². The van der Waals surface area contributed by atoms with Crippen LogP contribution in [0.15, 0.2) is 93.4 Å². The van der Waals surface area contributed by atoms with Crippen LogP contribution in [0.3, 0.4) is 0 Å². The van der Waals surface area contributed by atoms with Crippen LogP contribution in [0, 0.1) is 3.95 Å². The highest BCUT2D eigenvalue weighted by molar-refractivity contribution is 7.99. The number of rotatable bonds is 4. The average molecular weight is 509 g/mol. The number of halogens is 1. The summed E-state index contributed by atoms with van der Waals surface area (Å²) >= 11 is 14.5. The minimum absolute atomic E-state index is 0.0803. The van der Waals surface area contributed by atoms with Crippen molar-refractivity contribution < 1.29 is 4.79 Å². The van der Waals surface area contributed by atoms with Crippen molar-refractivity contribution in [2.45, 2.75) is 22.8 Å². The molecule has 0 radical (unpaired) electrons. The minimum atomic E-state index is -0.216. The SMILES string of the molecule is O=C(CCn1c(=O)cc(-c2ccc(Cl)cc2)sc1=S)N1c2ccccc2Sc2ccccc21. The van der Waals surface area contributed by atoms with Gasteiger partial charge >= 0.3 is 0 Å². The first-order valence-corrected chi connectivity index (χ1v) is 12.6. The fraction of sp³-hybridized carbons (Fsp3) is 0.0800. The Morgan fingerprint density at radius 3 is 2.12 bits per heavy atom. The molecule has 4 aromatic rings. The van der Waals surface area contributed by atoms with Gasteiger partial charge in [0.1, 0.15) is 0 Å². The van der Waals surface area contributed by atoms with Gasteiger partial charge in [-0.3, -0.25) is 19.1 Å². The number of carbonyl (C=O) groups excluding carboxylic acids is 1. The number of nitrogens with zero attached hydrogens (tertiary/aromatic N) is 2. The highest BCUT2D eigenvalue weighted by Crippen LogP contribution is 2.48. The van der Waals surface area contributed by atoms with Crippen molar-refractivity contribution in [1.82, 2.24) is 4.57 Å². The largest absolute Gasteiger partial charge is 0.291 e. The van der Waals surface area contributed by atoms with Crippen LogP contribution in [0.5, 0.6) is 0 Å². The molecule has 0 aliphatic carbocycles. The molecule has 4 nitrogen and oxygen atoms in total. The Labute approximate surface area is 209 Å². The first-order valence-electron chi connectivity index (χ1n) is 10.2. The van der Waals surface area contributed by atoms with Gasteiger partial charge in [-0.2, -0.15) is 0 Å². The van der Waals surface area contributed by atoms with Crippen molar-refractivity contribution >= 4 is 64.2 Å². The summed E-state index contributed by atoms with van der Waals surface area (Å²) in [7, 11) is 0. The van der Waals surface area contributed by atoms with E-state index < -0.39 is 0 Å². The highest BCUT2D eigenvalue weighted by atomic mass is 35.5. The first-order chi connectivity index (χ1) is 16.0. The lowest BCUT2D eigenvalue weighted by Crippen LogP contribution is -2.30. The normalized spacial score (nSPS) is 12.2. The van der Waals surface area contributed by atoms with Crippen LogP contribution in [0.2, 0.25) is 5.02 Å². The van der Waals surface area contributed by atoms with E-state index in [0.717, 1.165) is 31.6 Å². The third kappa shape index (κ3) is 4.42. The van der Waals surface area contributed by atoms with Gasteiger partial charge in [-0.15, -0.1) is 11.3 Å². The van der Waals surface area contributed by atoms with E-state index in [9.17, 15) is 9.59 Å². The second-order valence-corrected chi connectivity index (χ2v) is 10.6. The number of aromatic nitrogens is 1. The van der Waals surface area contributed by atoms with E-state index >= 15 is 0 Å². The van der Waals surface area contributed by atoms with Crippen molar-refractivity contribution in [2.75, 3.05) is 4.90 Å². The molecule has 8 heteroatoms. The van der Waals surface area contributed by atoms with Crippen LogP contribution in [-0.2, 0) is 11.3 Å². The second kappa shape index (κ2) is 9.27. The molecule has 0 bridgehead atoms. The van der Waals surface area contributed by atoms with E-state index in [1.54, 1.807) is 34.9 Å². The molecule has 164 valence electrons. The van der Waals surface area contributed by atoms with Gasteiger partial charge in [-0.25, -0.2) is 0 Å². The number of fused-ring (bicyclic) bond motifs is 2. The van der Waals surface area contributed by atoms with Gasteiger partial charge in [0.15, 0.2) is 3.95 Å². The number of benzene rings is 3. The standard InChI is InChI=1S/C25H17ClN2O2S3/c26-17-11-9-16(10-12-17)22-15-24(30)27(25(31)33-22)14-13-23(29)28-18-5-1-3-7-20(18)32-21-8-4-2-6-19(21)28/h1-12,15H,13-14H2. The summed E-state index contributed by atoms with van der Waals surface area (Å²) in [5.74, 6) is -0.0803. The molecule has 0 fully saturated rings. The van der Waals surface area contributed by atoms with E-state index in [0.29, 0.717) is 8.98 Å². The molecule has 0 saturated heterocycles. The number of anilines is 2. The number of para-hydroxylation sites is 2. The zero-order valence-electron chi connectivity index (χ0n) is 17.2. The molecule has 1 aliphatic heterocycles. The third-order valence-corrected chi connectivity index (χ3v) is 8.12. The van der Waals surface area contributed by atoms with Crippen LogP contribution in [0.4, 0.5) is 11.4 Å². The topological polar surface area (TPSA) is 42.3 Å². The molecule has 0 unspecified atom stereocenters. The minimum Gasteiger partial charge on any atom is -0.291 e. The number of carbonyl (C=O) groups is 1. The molecular weight excluding hydrogens is 492 g/mol. The molecule has 33 heavy (non-hydrogen) atoms. The van der Waals surface area contributed by atoms with Gasteiger partial charge in [0.2, 0.25) is 5.91 Å². The lowest BCUT2D eigenvalue weighted by Gasteiger charge is -2.31. The summed E-state index contributed by atoms with van der Waals surface area (Å²) in [6, 6.07) is 24.6. The van der Waals surface area contributed by atoms with E-state index in [-0.39, 0.29) is 24.4 Å². The Bertz CT molecular complexity index is 1400. The summed E-state index contributed by atoms with van der Waals surface area (Å²) in [6.45, 7) is 0.224. The van der Waals surface area contributed by atoms with Crippen molar-refractivity contribution in [2.24, 2.45) is 0 Å². The van der Waals surface area contributed by atoms with Gasteiger partial charge in [-0.05, 0) is 54.2 Å². The Morgan fingerprint density at radius 1 is 0.909 bits per heavy atom. The molecule has 2 heterocycles. The number of amides is 1. The summed E-state index contributed by atoms with van der Waals surface area (Å²) in [5, 5.41) is 0.633. The second-order valence-electron chi connectivity index (χ2n) is 7.39. The van der Waals surface area contributed by atoms with Crippen LogP contribution in [0.1, 0.15) is 6.42 Å². The molecule has 0 saturated carbocycles. The summed E-state index contributed by atoms with van der Waals surface area (Å²) in [4.78, 5) is 30.8. The van der Waals surface area contributed by atoms with Gasteiger partial charge in [0, 0.05) is 38.7 Å². The summed E-state index contributed by atoms with van der Waals surface area (Å²) < 4.78 is 1.93. The summed E-state index contributed by atoms with van der Waals surface area (Å²) in [6.07, 6.45) is 0.157. The predicted octanol–water partition coefficient (Wildman–Crippen LogP) is 7.18. The van der Waals surface area contributed by atoms with E-state index in [4.69, 9.17) is 23.8 Å². The Balaban J connectivity index is 1.42. The van der Waals surface area contributed by atoms with Crippen LogP contribution >= 0.6 is 46.9 Å². The van der Waals surface area contributed by atoms with E-state index in [1.165, 1.54) is 15.9 Å². The Kier molecular flexibility index (Phi) is 6.21. The Hall–Kier alpha value is -2.71. The molecule has 0 atom stereocenters. The zero-order valence-corrected chi connectivity index (χ0v) is 20.4. The van der Waals surface area contributed by atoms with Gasteiger partial charge in [0.05, 0.1) is 11.4 Å². The zero-order chi connectivity index (χ0) is 22.9. The maximum atomic E-state index is 13.4. The predicted molar refractivity (Wildman–Crippen MR) is 139 cm³/mol. The average Bonchev–Trinajstić information content (AvgIpc) is 2.82. The third-order valence-electron chi connectivity index (χ3n) is 5.30. The van der Waals surface area contributed by atoms with Crippen molar-refractivity contribution in [1.29, 1.82) is 0 Å². The lowest BCUT2D eigenvalue weighted by atomic mass is 10.2. The lowest BCUT2D eigenvalue weighted by molar-refractivity contribution is -0.118. The maximum absolute atomic E-state index is 13.4. The molecule has 1 aromatic heterocycles. The number of hydrogen-bond acceptors (Lipinski definition) is 5. The Morgan fingerprint density at radius 2 is 1.52 bits per heavy atom. The van der Waals surface area contributed by atoms with Gasteiger partial charge in [-0.1, -0.05) is 59.8 Å². The fourth-order valence-corrected chi connectivity index (χ4v) is 6.24. The molecular formula is C25H17ClN2O2S3. The molecule has 1 amide bonds. The maximum Gasteiger partial charge on any atom is 0.253 e. The van der Waals surface area contributed by atoms with Gasteiger partial charge < -0.3 is 0 Å². The monoisotopic (exact) mass is 508 g/mol. The molecule has 3 aromatic carbocycles. The number of hydrogen-bond donors (Lipinski definition) is 0. The molecule has 0 N–H and O–H groups in total. The fourth-order valence-electron chi connectivity index (χ4n) is 3.71. The quantitative estimate of drug-likeness (QED) is 0.274. The molecule has 5 rings (SSSR count). The summed E-state index contributed by atoms with van der Waals surface area (Å²) in [5.41, 5.74) is 2.39. The van der Waals surface area contributed by atoms with Crippen molar-refractivity contribution in [3.8, 4) is 10.4 Å². The van der Waals surface area contributed by atoms with Crippen molar-refractivity contribution in [3.63, 3.8) is 0 Å². The van der Waals surface area contributed by atoms with Crippen molar-refractivity contribution in [3.05, 3.63) is 98.2 Å². The smallest absolute Gasteiger partial charge is 0.253 e. The van der Waals surface area contributed by atoms with Crippen LogP contribution < -0.4 is 10.5 Å². The molecule has 0 spiro atoms. The first kappa shape index (κ1) is 22.1. The van der Waals surface area contributed by atoms with E-state index in [2.05, 4.69) is 0 Å². The molecule has 1 aliphatic rings. The van der Waals surface area contributed by atoms with Gasteiger partial charge in [0.25, 0.3) is 5.56 Å². The van der Waals surface area contributed by atoms with E-state index in [1.807, 2.05) is 60.7 Å². The highest BCUT2D eigenvalue weighted by Gasteiger charge is 2.27.